The first-order valence-corrected chi connectivity index (χ1v) is 8.53. The summed E-state index contributed by atoms with van der Waals surface area (Å²) < 4.78 is 1.32. The topological polar surface area (TPSA) is 40.5 Å². The predicted octanol–water partition coefficient (Wildman–Crippen LogP) is 3.21. The van der Waals surface area contributed by atoms with Gasteiger partial charge in [0.15, 0.2) is 0 Å². The molecule has 112 valence electrons. The lowest BCUT2D eigenvalue weighted by Crippen LogP contribution is -2.37. The highest BCUT2D eigenvalue weighted by molar-refractivity contribution is 7.17. The second-order valence-electron chi connectivity index (χ2n) is 5.68. The lowest BCUT2D eigenvalue weighted by molar-refractivity contribution is -0.132. The Morgan fingerprint density at radius 2 is 2.24 bits per heavy atom. The van der Waals surface area contributed by atoms with Crippen LogP contribution in [0.15, 0.2) is 29.6 Å². The fourth-order valence-corrected chi connectivity index (χ4v) is 4.15. The minimum absolute atomic E-state index is 0.0551. The smallest absolute Gasteiger partial charge is 0.222 e. The summed E-state index contributed by atoms with van der Waals surface area (Å²) in [6.07, 6.45) is 4.38. The van der Waals surface area contributed by atoms with Gasteiger partial charge in [-0.3, -0.25) is 4.79 Å². The van der Waals surface area contributed by atoms with Crippen LogP contribution in [0.1, 0.15) is 31.2 Å². The minimum Gasteiger partial charge on any atom is -0.394 e. The monoisotopic (exact) mass is 303 g/mol. The zero-order valence-corrected chi connectivity index (χ0v) is 12.9. The Labute approximate surface area is 129 Å². The molecule has 1 amide bonds. The van der Waals surface area contributed by atoms with Crippen LogP contribution in [0.5, 0.6) is 0 Å². The first-order valence-electron chi connectivity index (χ1n) is 7.65. The van der Waals surface area contributed by atoms with Crippen molar-refractivity contribution in [2.24, 2.45) is 0 Å². The number of hydrogen-bond donors (Lipinski definition) is 1. The number of fused-ring (bicyclic) bond motifs is 1. The van der Waals surface area contributed by atoms with Gasteiger partial charge in [0.2, 0.25) is 5.91 Å². The van der Waals surface area contributed by atoms with Crippen molar-refractivity contribution in [1.82, 2.24) is 4.90 Å². The Morgan fingerprint density at radius 3 is 3.10 bits per heavy atom. The lowest BCUT2D eigenvalue weighted by atomic mass is 10.1. The number of carbonyl (C=O) groups is 1. The van der Waals surface area contributed by atoms with Crippen LogP contribution in [0.25, 0.3) is 10.1 Å². The second-order valence-corrected chi connectivity index (χ2v) is 6.59. The van der Waals surface area contributed by atoms with E-state index in [1.165, 1.54) is 15.6 Å². The maximum Gasteiger partial charge on any atom is 0.222 e. The van der Waals surface area contributed by atoms with Gasteiger partial charge in [-0.15, -0.1) is 11.3 Å². The zero-order valence-electron chi connectivity index (χ0n) is 12.1. The van der Waals surface area contributed by atoms with Gasteiger partial charge in [-0.25, -0.2) is 0 Å². The predicted molar refractivity (Wildman–Crippen MR) is 86.6 cm³/mol. The number of benzene rings is 1. The SMILES string of the molecule is O=C(CCCc1csc2ccccc12)N1CCC[C@@H]1CO. The molecule has 21 heavy (non-hydrogen) atoms. The number of aliphatic hydroxyl groups is 1. The molecule has 0 saturated carbocycles. The number of amides is 1. The van der Waals surface area contributed by atoms with E-state index >= 15 is 0 Å². The van der Waals surface area contributed by atoms with Crippen molar-refractivity contribution in [3.05, 3.63) is 35.2 Å². The third-order valence-corrected chi connectivity index (χ3v) is 5.32. The highest BCUT2D eigenvalue weighted by atomic mass is 32.1. The summed E-state index contributed by atoms with van der Waals surface area (Å²) in [6.45, 7) is 0.909. The quantitative estimate of drug-likeness (QED) is 0.921. The van der Waals surface area contributed by atoms with E-state index in [0.29, 0.717) is 6.42 Å². The molecule has 2 aromatic rings. The molecule has 2 heterocycles. The van der Waals surface area contributed by atoms with Gasteiger partial charge in [-0.1, -0.05) is 18.2 Å². The fraction of sp³-hybridized carbons (Fsp3) is 0.471. The average molecular weight is 303 g/mol. The van der Waals surface area contributed by atoms with Crippen molar-refractivity contribution in [2.45, 2.75) is 38.1 Å². The van der Waals surface area contributed by atoms with Crippen molar-refractivity contribution in [2.75, 3.05) is 13.2 Å². The zero-order chi connectivity index (χ0) is 14.7. The molecule has 0 bridgehead atoms. The van der Waals surface area contributed by atoms with E-state index < -0.39 is 0 Å². The third-order valence-electron chi connectivity index (χ3n) is 4.31. The van der Waals surface area contributed by atoms with E-state index in [0.717, 1.165) is 32.2 Å². The Morgan fingerprint density at radius 1 is 1.38 bits per heavy atom. The summed E-state index contributed by atoms with van der Waals surface area (Å²) in [5.41, 5.74) is 1.35. The number of rotatable bonds is 5. The van der Waals surface area contributed by atoms with Gasteiger partial charge in [-0.05, 0) is 48.1 Å². The van der Waals surface area contributed by atoms with Crippen LogP contribution in [-0.2, 0) is 11.2 Å². The molecule has 1 saturated heterocycles. The summed E-state index contributed by atoms with van der Waals surface area (Å²) in [4.78, 5) is 14.1. The molecule has 1 aliphatic heterocycles. The molecule has 0 unspecified atom stereocenters. The molecular weight excluding hydrogens is 282 g/mol. The molecule has 3 nitrogen and oxygen atoms in total. The summed E-state index contributed by atoms with van der Waals surface area (Å²) in [6, 6.07) is 8.49. The summed E-state index contributed by atoms with van der Waals surface area (Å²) in [5, 5.41) is 12.8. The molecule has 1 atom stereocenters. The first-order chi connectivity index (χ1) is 10.3. The number of aliphatic hydroxyl groups excluding tert-OH is 1. The average Bonchev–Trinajstić information content (AvgIpc) is 3.14. The third kappa shape index (κ3) is 3.11. The number of nitrogens with zero attached hydrogens (tertiary/aromatic N) is 1. The molecule has 0 aliphatic carbocycles. The number of thiophene rings is 1. The second kappa shape index (κ2) is 6.58. The van der Waals surface area contributed by atoms with Gasteiger partial charge < -0.3 is 10.0 Å². The Kier molecular flexibility index (Phi) is 4.56. The van der Waals surface area contributed by atoms with E-state index in [-0.39, 0.29) is 18.6 Å². The molecular formula is C17H21NO2S. The highest BCUT2D eigenvalue weighted by Gasteiger charge is 2.27. The van der Waals surface area contributed by atoms with Crippen molar-refractivity contribution >= 4 is 27.3 Å². The summed E-state index contributed by atoms with van der Waals surface area (Å²) in [5.74, 6) is 0.200. The van der Waals surface area contributed by atoms with E-state index in [9.17, 15) is 9.90 Å². The van der Waals surface area contributed by atoms with E-state index in [2.05, 4.69) is 29.6 Å². The summed E-state index contributed by atoms with van der Waals surface area (Å²) in [7, 11) is 0. The Bertz CT molecular complexity index is 622. The largest absolute Gasteiger partial charge is 0.394 e. The Hall–Kier alpha value is -1.39. The van der Waals surface area contributed by atoms with Crippen LogP contribution in [0.2, 0.25) is 0 Å². The molecule has 1 aromatic heterocycles. The van der Waals surface area contributed by atoms with Gasteiger partial charge in [0.05, 0.1) is 12.6 Å². The number of hydrogen-bond acceptors (Lipinski definition) is 3. The van der Waals surface area contributed by atoms with E-state index in [1.54, 1.807) is 11.3 Å². The van der Waals surface area contributed by atoms with E-state index in [1.807, 2.05) is 4.90 Å². The molecule has 0 radical (unpaired) electrons. The number of aryl methyl sites for hydroxylation is 1. The maximum absolute atomic E-state index is 12.2. The van der Waals surface area contributed by atoms with Crippen molar-refractivity contribution < 1.29 is 9.90 Å². The van der Waals surface area contributed by atoms with Gasteiger partial charge in [0, 0.05) is 17.7 Å². The van der Waals surface area contributed by atoms with Crippen LogP contribution in [0.3, 0.4) is 0 Å². The number of carbonyl (C=O) groups excluding carboxylic acids is 1. The van der Waals surface area contributed by atoms with E-state index in [4.69, 9.17) is 0 Å². The normalized spacial score (nSPS) is 18.5. The molecule has 0 spiro atoms. The lowest BCUT2D eigenvalue weighted by Gasteiger charge is -2.22. The van der Waals surface area contributed by atoms with Crippen molar-refractivity contribution in [1.29, 1.82) is 0 Å². The molecule has 1 N–H and O–H groups in total. The van der Waals surface area contributed by atoms with Gasteiger partial charge in [0.25, 0.3) is 0 Å². The fourth-order valence-electron chi connectivity index (χ4n) is 3.15. The molecule has 1 aliphatic rings. The standard InChI is InChI=1S/C17H21NO2S/c19-11-14-6-4-10-18(14)17(20)9-3-5-13-12-21-16-8-2-1-7-15(13)16/h1-2,7-8,12,14,19H,3-6,9-11H2/t14-/m1/s1. The van der Waals surface area contributed by atoms with Gasteiger partial charge in [0.1, 0.15) is 0 Å². The van der Waals surface area contributed by atoms with Crippen LogP contribution in [-0.4, -0.2) is 35.1 Å². The maximum atomic E-state index is 12.2. The van der Waals surface area contributed by atoms with Gasteiger partial charge >= 0.3 is 0 Å². The minimum atomic E-state index is 0.0551. The molecule has 1 aromatic carbocycles. The summed E-state index contributed by atoms with van der Waals surface area (Å²) >= 11 is 1.77. The van der Waals surface area contributed by atoms with Gasteiger partial charge in [-0.2, -0.15) is 0 Å². The number of likely N-dealkylation sites (tertiary alicyclic amines) is 1. The van der Waals surface area contributed by atoms with Crippen molar-refractivity contribution in [3.63, 3.8) is 0 Å². The van der Waals surface area contributed by atoms with Crippen LogP contribution in [0.4, 0.5) is 0 Å². The van der Waals surface area contributed by atoms with Crippen LogP contribution >= 0.6 is 11.3 Å². The van der Waals surface area contributed by atoms with Crippen LogP contribution in [0, 0.1) is 0 Å². The Balaban J connectivity index is 1.55. The molecule has 4 heteroatoms. The highest BCUT2D eigenvalue weighted by Crippen LogP contribution is 2.27. The molecule has 1 fully saturated rings. The van der Waals surface area contributed by atoms with Crippen LogP contribution < -0.4 is 0 Å². The van der Waals surface area contributed by atoms with Crippen molar-refractivity contribution in [3.8, 4) is 0 Å². The first kappa shape index (κ1) is 14.5. The molecule has 3 rings (SSSR count).